The number of rotatable bonds is 8. The highest BCUT2D eigenvalue weighted by Crippen LogP contribution is 2.27. The highest BCUT2D eigenvalue weighted by atomic mass is 79.9. The van der Waals surface area contributed by atoms with E-state index >= 15 is 0 Å². The molecule has 0 radical (unpaired) electrons. The number of anilines is 1. The Morgan fingerprint density at radius 3 is 2.58 bits per heavy atom. The maximum absolute atomic E-state index is 5.30. The number of ether oxygens (including phenoxy) is 1. The van der Waals surface area contributed by atoms with Crippen molar-refractivity contribution in [3.8, 4) is 0 Å². The van der Waals surface area contributed by atoms with E-state index in [1.165, 1.54) is 24.1 Å². The van der Waals surface area contributed by atoms with Crippen LogP contribution in [0.3, 0.4) is 0 Å². The fraction of sp³-hybridized carbons (Fsp3) is 0.625. The van der Waals surface area contributed by atoms with Crippen molar-refractivity contribution in [1.82, 2.24) is 0 Å². The molecule has 19 heavy (non-hydrogen) atoms. The monoisotopic (exact) mass is 327 g/mol. The Labute approximate surface area is 126 Å². The SMILES string of the molecule is CCC(C)CC(CC)Nc1cccc(Br)c1COC. The number of nitrogens with one attached hydrogen (secondary N) is 1. The average Bonchev–Trinajstić information content (AvgIpc) is 2.41. The third-order valence-corrected chi connectivity index (χ3v) is 4.39. The lowest BCUT2D eigenvalue weighted by Crippen LogP contribution is -2.22. The molecule has 1 aromatic rings. The summed E-state index contributed by atoms with van der Waals surface area (Å²) in [6, 6.07) is 6.80. The molecule has 2 atom stereocenters. The van der Waals surface area contributed by atoms with E-state index in [0.717, 1.165) is 16.8 Å². The van der Waals surface area contributed by atoms with Crippen LogP contribution in [0.15, 0.2) is 22.7 Å². The molecule has 0 fully saturated rings. The maximum atomic E-state index is 5.30. The van der Waals surface area contributed by atoms with Crippen LogP contribution in [0.1, 0.15) is 45.6 Å². The van der Waals surface area contributed by atoms with Crippen LogP contribution in [0.5, 0.6) is 0 Å². The van der Waals surface area contributed by atoms with Crippen LogP contribution >= 0.6 is 15.9 Å². The molecule has 0 saturated carbocycles. The molecule has 0 heterocycles. The van der Waals surface area contributed by atoms with E-state index in [-0.39, 0.29) is 0 Å². The number of hydrogen-bond donors (Lipinski definition) is 1. The molecule has 3 heteroatoms. The fourth-order valence-electron chi connectivity index (χ4n) is 2.18. The molecule has 0 aromatic heterocycles. The second kappa shape index (κ2) is 8.60. The highest BCUT2D eigenvalue weighted by molar-refractivity contribution is 9.10. The van der Waals surface area contributed by atoms with Crippen molar-refractivity contribution in [2.75, 3.05) is 12.4 Å². The van der Waals surface area contributed by atoms with Crippen LogP contribution in [0.25, 0.3) is 0 Å². The second-order valence-corrected chi connectivity index (χ2v) is 6.05. The zero-order valence-electron chi connectivity index (χ0n) is 12.5. The zero-order valence-corrected chi connectivity index (χ0v) is 14.1. The maximum Gasteiger partial charge on any atom is 0.0744 e. The molecule has 0 aliphatic rings. The Morgan fingerprint density at radius 2 is 2.00 bits per heavy atom. The van der Waals surface area contributed by atoms with Gasteiger partial charge in [-0.2, -0.15) is 0 Å². The van der Waals surface area contributed by atoms with Crippen molar-refractivity contribution < 1.29 is 4.74 Å². The van der Waals surface area contributed by atoms with Crippen molar-refractivity contribution in [1.29, 1.82) is 0 Å². The van der Waals surface area contributed by atoms with Gasteiger partial charge in [0.2, 0.25) is 0 Å². The summed E-state index contributed by atoms with van der Waals surface area (Å²) in [6.45, 7) is 7.45. The van der Waals surface area contributed by atoms with Crippen molar-refractivity contribution >= 4 is 21.6 Å². The lowest BCUT2D eigenvalue weighted by Gasteiger charge is -2.23. The minimum atomic E-state index is 0.528. The van der Waals surface area contributed by atoms with Crippen LogP contribution in [-0.2, 0) is 11.3 Å². The van der Waals surface area contributed by atoms with Gasteiger partial charge in [0.05, 0.1) is 6.61 Å². The lowest BCUT2D eigenvalue weighted by molar-refractivity contribution is 0.185. The molecular formula is C16H26BrNO. The second-order valence-electron chi connectivity index (χ2n) is 5.20. The van der Waals surface area contributed by atoms with Gasteiger partial charge in [-0.3, -0.25) is 0 Å². The predicted octanol–water partition coefficient (Wildman–Crippen LogP) is 5.22. The average molecular weight is 328 g/mol. The van der Waals surface area contributed by atoms with Crippen molar-refractivity contribution in [3.05, 3.63) is 28.2 Å². The molecule has 1 aromatic carbocycles. The van der Waals surface area contributed by atoms with Gasteiger partial charge in [0, 0.05) is 28.9 Å². The summed E-state index contributed by atoms with van der Waals surface area (Å²) in [6.07, 6.45) is 3.59. The Morgan fingerprint density at radius 1 is 1.26 bits per heavy atom. The Bertz CT molecular complexity index is 381. The molecule has 0 aliphatic heterocycles. The van der Waals surface area contributed by atoms with Crippen LogP contribution in [0, 0.1) is 5.92 Å². The Balaban J connectivity index is 2.81. The molecular weight excluding hydrogens is 302 g/mol. The summed E-state index contributed by atoms with van der Waals surface area (Å²) >= 11 is 3.60. The van der Waals surface area contributed by atoms with Gasteiger partial charge < -0.3 is 10.1 Å². The molecule has 2 unspecified atom stereocenters. The van der Waals surface area contributed by atoms with E-state index in [1.807, 2.05) is 0 Å². The summed E-state index contributed by atoms with van der Waals surface area (Å²) in [5, 5.41) is 3.68. The first kappa shape index (κ1) is 16.5. The van der Waals surface area contributed by atoms with Crippen LogP contribution in [0.2, 0.25) is 0 Å². The highest BCUT2D eigenvalue weighted by Gasteiger charge is 2.13. The molecule has 1 N–H and O–H groups in total. The van der Waals surface area contributed by atoms with E-state index < -0.39 is 0 Å². The summed E-state index contributed by atoms with van der Waals surface area (Å²) in [5.74, 6) is 0.760. The molecule has 2 nitrogen and oxygen atoms in total. The summed E-state index contributed by atoms with van der Waals surface area (Å²) in [7, 11) is 1.74. The summed E-state index contributed by atoms with van der Waals surface area (Å²) in [4.78, 5) is 0. The zero-order chi connectivity index (χ0) is 14.3. The molecule has 0 aliphatic carbocycles. The van der Waals surface area contributed by atoms with Crippen molar-refractivity contribution in [3.63, 3.8) is 0 Å². The molecule has 0 saturated heterocycles. The minimum absolute atomic E-state index is 0.528. The van der Waals surface area contributed by atoms with Crippen LogP contribution in [0.4, 0.5) is 5.69 Å². The van der Waals surface area contributed by atoms with Gasteiger partial charge in [-0.1, -0.05) is 49.2 Å². The largest absolute Gasteiger partial charge is 0.382 e. The van der Waals surface area contributed by atoms with Gasteiger partial charge in [-0.25, -0.2) is 0 Å². The molecule has 108 valence electrons. The normalized spacial score (nSPS) is 14.2. The fourth-order valence-corrected chi connectivity index (χ4v) is 2.67. The lowest BCUT2D eigenvalue weighted by atomic mass is 9.97. The first-order chi connectivity index (χ1) is 9.12. The number of halogens is 1. The third kappa shape index (κ3) is 5.15. The minimum Gasteiger partial charge on any atom is -0.382 e. The van der Waals surface area contributed by atoms with Crippen molar-refractivity contribution in [2.24, 2.45) is 5.92 Å². The van der Waals surface area contributed by atoms with Crippen molar-refractivity contribution in [2.45, 2.75) is 52.7 Å². The number of methoxy groups -OCH3 is 1. The first-order valence-corrected chi connectivity index (χ1v) is 7.94. The smallest absolute Gasteiger partial charge is 0.0744 e. The van der Waals surface area contributed by atoms with E-state index in [1.54, 1.807) is 7.11 Å². The Hall–Kier alpha value is -0.540. The van der Waals surface area contributed by atoms with Gasteiger partial charge in [0.1, 0.15) is 0 Å². The summed E-state index contributed by atoms with van der Waals surface area (Å²) in [5.41, 5.74) is 2.39. The molecule has 0 spiro atoms. The predicted molar refractivity (Wildman–Crippen MR) is 86.6 cm³/mol. The molecule has 0 bridgehead atoms. The van der Waals surface area contributed by atoms with Gasteiger partial charge >= 0.3 is 0 Å². The summed E-state index contributed by atoms with van der Waals surface area (Å²) < 4.78 is 6.41. The van der Waals surface area contributed by atoms with E-state index in [9.17, 15) is 0 Å². The topological polar surface area (TPSA) is 21.3 Å². The third-order valence-electron chi connectivity index (χ3n) is 3.64. The molecule has 1 rings (SSSR count). The number of benzene rings is 1. The molecule has 0 amide bonds. The van der Waals surface area contributed by atoms with Crippen LogP contribution < -0.4 is 5.32 Å². The van der Waals surface area contributed by atoms with Gasteiger partial charge in [0.25, 0.3) is 0 Å². The van der Waals surface area contributed by atoms with Crippen LogP contribution in [-0.4, -0.2) is 13.2 Å². The first-order valence-electron chi connectivity index (χ1n) is 7.15. The Kier molecular flexibility index (Phi) is 7.47. The van der Waals surface area contributed by atoms with E-state index in [0.29, 0.717) is 12.6 Å². The standard InChI is InChI=1S/C16H26BrNO/c1-5-12(3)10-13(6-2)18-16-9-7-8-15(17)14(16)11-19-4/h7-9,12-13,18H,5-6,10-11H2,1-4H3. The quantitative estimate of drug-likeness (QED) is 0.706. The van der Waals surface area contributed by atoms with E-state index in [4.69, 9.17) is 4.74 Å². The number of hydrogen-bond acceptors (Lipinski definition) is 2. The van der Waals surface area contributed by atoms with E-state index in [2.05, 4.69) is 60.2 Å². The van der Waals surface area contributed by atoms with Gasteiger partial charge in [0.15, 0.2) is 0 Å². The van der Waals surface area contributed by atoms with Gasteiger partial charge in [-0.05, 0) is 30.9 Å². The van der Waals surface area contributed by atoms with Gasteiger partial charge in [-0.15, -0.1) is 0 Å².